The van der Waals surface area contributed by atoms with Crippen LogP contribution in [0.4, 0.5) is 13.2 Å². The Balaban J connectivity index is 2.11. The van der Waals surface area contributed by atoms with E-state index in [4.69, 9.17) is 0 Å². The molecule has 0 amide bonds. The Morgan fingerprint density at radius 3 is 2.42 bits per heavy atom. The molecule has 122 valence electrons. The average Bonchev–Trinajstić information content (AvgIpc) is 2.53. The summed E-state index contributed by atoms with van der Waals surface area (Å²) in [5.74, 6) is -1.40. The quantitative estimate of drug-likeness (QED) is 0.723. The number of carbonyl (C=O) groups excluding carboxylic acids is 1. The normalized spacial score (nSPS) is 11.6. The number of carbonyl (C=O) groups is 1. The number of hydrogen-bond acceptors (Lipinski definition) is 4. The van der Waals surface area contributed by atoms with Crippen LogP contribution in [-0.4, -0.2) is 11.0 Å². The second-order valence-electron chi connectivity index (χ2n) is 4.91. The van der Waals surface area contributed by atoms with Gasteiger partial charge in [-0.05, 0) is 24.3 Å². The number of halogens is 3. The van der Waals surface area contributed by atoms with E-state index in [1.165, 1.54) is 24.3 Å². The molecular formula is C17H9F3NO2S-. The smallest absolute Gasteiger partial charge is 0.417 e. The molecule has 3 aromatic rings. The van der Waals surface area contributed by atoms with Crippen molar-refractivity contribution < 1.29 is 23.1 Å². The van der Waals surface area contributed by atoms with Crippen molar-refractivity contribution in [2.45, 2.75) is 16.1 Å². The summed E-state index contributed by atoms with van der Waals surface area (Å²) < 4.78 is 39.2. The number of carboxylic acids is 1. The zero-order chi connectivity index (χ0) is 17.3. The molecule has 7 heteroatoms. The summed E-state index contributed by atoms with van der Waals surface area (Å²) in [6.45, 7) is 0. The first-order chi connectivity index (χ1) is 11.4. The number of carboxylic acid groups (broad SMARTS) is 1. The lowest BCUT2D eigenvalue weighted by Gasteiger charge is -2.13. The van der Waals surface area contributed by atoms with Gasteiger partial charge in [0, 0.05) is 15.8 Å². The third-order valence-electron chi connectivity index (χ3n) is 3.32. The molecule has 0 bridgehead atoms. The maximum absolute atomic E-state index is 13.1. The van der Waals surface area contributed by atoms with Crippen LogP contribution in [0.5, 0.6) is 0 Å². The van der Waals surface area contributed by atoms with Crippen LogP contribution in [0, 0.1) is 0 Å². The van der Waals surface area contributed by atoms with Gasteiger partial charge in [0.15, 0.2) is 0 Å². The SMILES string of the molecule is O=C([O-])c1cc(Sc2ccccc2C(F)(F)F)nc2ccccc12. The summed E-state index contributed by atoms with van der Waals surface area (Å²) in [5.41, 5.74) is -0.515. The van der Waals surface area contributed by atoms with Crippen molar-refractivity contribution in [3.8, 4) is 0 Å². The fourth-order valence-electron chi connectivity index (χ4n) is 2.27. The van der Waals surface area contributed by atoms with Crippen LogP contribution in [0.15, 0.2) is 64.5 Å². The number of fused-ring (bicyclic) bond motifs is 1. The Morgan fingerprint density at radius 2 is 1.71 bits per heavy atom. The molecule has 0 aliphatic heterocycles. The van der Waals surface area contributed by atoms with E-state index < -0.39 is 17.7 Å². The van der Waals surface area contributed by atoms with Crippen LogP contribution in [-0.2, 0) is 6.18 Å². The van der Waals surface area contributed by atoms with Crippen molar-refractivity contribution in [2.24, 2.45) is 0 Å². The van der Waals surface area contributed by atoms with Gasteiger partial charge in [-0.1, -0.05) is 42.1 Å². The number of benzene rings is 2. The average molecular weight is 348 g/mol. The zero-order valence-electron chi connectivity index (χ0n) is 12.0. The molecular weight excluding hydrogens is 339 g/mol. The summed E-state index contributed by atoms with van der Waals surface area (Å²) in [7, 11) is 0. The van der Waals surface area contributed by atoms with Gasteiger partial charge in [-0.25, -0.2) is 4.98 Å². The minimum absolute atomic E-state index is 0.0444. The molecule has 0 aliphatic carbocycles. The van der Waals surface area contributed by atoms with E-state index >= 15 is 0 Å². The third kappa shape index (κ3) is 3.21. The van der Waals surface area contributed by atoms with E-state index in [-0.39, 0.29) is 15.5 Å². The van der Waals surface area contributed by atoms with Crippen LogP contribution in [0.1, 0.15) is 15.9 Å². The standard InChI is InChI=1S/C17H10F3NO2S/c18-17(19,20)12-6-2-4-8-14(12)24-15-9-11(16(22)23)10-5-1-3-7-13(10)21-15/h1-9H,(H,22,23)/p-1. The first-order valence-electron chi connectivity index (χ1n) is 6.81. The molecule has 2 aromatic carbocycles. The largest absolute Gasteiger partial charge is 0.545 e. The molecule has 0 fully saturated rings. The van der Waals surface area contributed by atoms with Gasteiger partial charge in [0.1, 0.15) is 5.03 Å². The van der Waals surface area contributed by atoms with Gasteiger partial charge in [-0.3, -0.25) is 0 Å². The highest BCUT2D eigenvalue weighted by atomic mass is 32.2. The number of para-hydroxylation sites is 1. The van der Waals surface area contributed by atoms with Gasteiger partial charge in [-0.15, -0.1) is 0 Å². The number of aromatic nitrogens is 1. The van der Waals surface area contributed by atoms with Gasteiger partial charge in [0.2, 0.25) is 0 Å². The van der Waals surface area contributed by atoms with Crippen molar-refractivity contribution in [1.82, 2.24) is 4.98 Å². The van der Waals surface area contributed by atoms with Crippen molar-refractivity contribution in [3.63, 3.8) is 0 Å². The first kappa shape index (κ1) is 16.3. The van der Waals surface area contributed by atoms with E-state index in [2.05, 4.69) is 4.98 Å². The van der Waals surface area contributed by atoms with Crippen molar-refractivity contribution in [3.05, 3.63) is 65.7 Å². The molecule has 0 atom stereocenters. The molecule has 24 heavy (non-hydrogen) atoms. The predicted octanol–water partition coefficient (Wildman–Crippen LogP) is 3.77. The summed E-state index contributed by atoms with van der Waals surface area (Å²) >= 11 is 0.765. The highest BCUT2D eigenvalue weighted by Crippen LogP contribution is 2.39. The molecule has 3 nitrogen and oxygen atoms in total. The van der Waals surface area contributed by atoms with Gasteiger partial charge >= 0.3 is 6.18 Å². The first-order valence-corrected chi connectivity index (χ1v) is 7.63. The molecule has 0 aliphatic rings. The Morgan fingerprint density at radius 1 is 1.04 bits per heavy atom. The van der Waals surface area contributed by atoms with Gasteiger partial charge in [0.25, 0.3) is 0 Å². The summed E-state index contributed by atoms with van der Waals surface area (Å²) in [4.78, 5) is 15.5. The number of hydrogen-bond donors (Lipinski definition) is 0. The lowest BCUT2D eigenvalue weighted by atomic mass is 10.1. The van der Waals surface area contributed by atoms with E-state index in [1.54, 1.807) is 24.3 Å². The zero-order valence-corrected chi connectivity index (χ0v) is 12.8. The Bertz CT molecular complexity index is 925. The molecule has 0 radical (unpaired) electrons. The summed E-state index contributed by atoms with van der Waals surface area (Å²) in [6.07, 6.45) is -4.50. The van der Waals surface area contributed by atoms with Crippen LogP contribution in [0.3, 0.4) is 0 Å². The lowest BCUT2D eigenvalue weighted by Crippen LogP contribution is -2.22. The van der Waals surface area contributed by atoms with E-state index in [9.17, 15) is 23.1 Å². The van der Waals surface area contributed by atoms with Crippen LogP contribution < -0.4 is 5.11 Å². The number of aromatic carboxylic acids is 1. The van der Waals surface area contributed by atoms with E-state index in [0.29, 0.717) is 10.9 Å². The van der Waals surface area contributed by atoms with Gasteiger partial charge < -0.3 is 9.90 Å². The highest BCUT2D eigenvalue weighted by Gasteiger charge is 2.33. The second kappa shape index (κ2) is 6.16. The van der Waals surface area contributed by atoms with Crippen LogP contribution >= 0.6 is 11.8 Å². The minimum atomic E-state index is -4.50. The van der Waals surface area contributed by atoms with E-state index in [1.807, 2.05) is 0 Å². The van der Waals surface area contributed by atoms with Crippen molar-refractivity contribution in [1.29, 1.82) is 0 Å². The lowest BCUT2D eigenvalue weighted by molar-refractivity contribution is -0.254. The van der Waals surface area contributed by atoms with Crippen LogP contribution in [0.25, 0.3) is 10.9 Å². The Hall–Kier alpha value is -2.54. The van der Waals surface area contributed by atoms with E-state index in [0.717, 1.165) is 17.8 Å². The monoisotopic (exact) mass is 348 g/mol. The molecule has 3 rings (SSSR count). The van der Waals surface area contributed by atoms with Crippen molar-refractivity contribution >= 4 is 28.6 Å². The fourth-order valence-corrected chi connectivity index (χ4v) is 3.26. The number of nitrogens with zero attached hydrogens (tertiary/aromatic N) is 1. The summed E-state index contributed by atoms with van der Waals surface area (Å²) in [6, 6.07) is 12.8. The number of pyridine rings is 1. The molecule has 0 saturated heterocycles. The number of rotatable bonds is 3. The Labute approximate surface area is 139 Å². The number of alkyl halides is 3. The third-order valence-corrected chi connectivity index (χ3v) is 4.31. The van der Waals surface area contributed by atoms with Gasteiger partial charge in [-0.2, -0.15) is 13.2 Å². The molecule has 0 unspecified atom stereocenters. The molecule has 1 aromatic heterocycles. The molecule has 0 saturated carbocycles. The summed E-state index contributed by atoms with van der Waals surface area (Å²) in [5, 5.41) is 11.9. The highest BCUT2D eigenvalue weighted by molar-refractivity contribution is 7.99. The van der Waals surface area contributed by atoms with Gasteiger partial charge in [0.05, 0.1) is 17.0 Å². The topological polar surface area (TPSA) is 53.0 Å². The predicted molar refractivity (Wildman–Crippen MR) is 81.6 cm³/mol. The Kier molecular flexibility index (Phi) is 4.19. The van der Waals surface area contributed by atoms with Crippen LogP contribution in [0.2, 0.25) is 0 Å². The maximum Gasteiger partial charge on any atom is 0.417 e. The van der Waals surface area contributed by atoms with Crippen molar-refractivity contribution in [2.75, 3.05) is 0 Å². The second-order valence-corrected chi connectivity index (χ2v) is 5.97. The minimum Gasteiger partial charge on any atom is -0.545 e. The fraction of sp³-hybridized carbons (Fsp3) is 0.0588. The molecule has 0 spiro atoms. The molecule has 0 N–H and O–H groups in total. The molecule has 1 heterocycles. The maximum atomic E-state index is 13.1.